The van der Waals surface area contributed by atoms with E-state index < -0.39 is 0 Å². The molecule has 0 radical (unpaired) electrons. The molecule has 0 unspecified atom stereocenters. The van der Waals surface area contributed by atoms with Gasteiger partial charge in [-0.3, -0.25) is 0 Å². The smallest absolute Gasteiger partial charge is 0.203 e. The lowest BCUT2D eigenvalue weighted by Gasteiger charge is -2.17. The van der Waals surface area contributed by atoms with Gasteiger partial charge in [-0.1, -0.05) is 35.9 Å². The lowest BCUT2D eigenvalue weighted by atomic mass is 10.1. The number of benzene rings is 2. The van der Waals surface area contributed by atoms with E-state index in [-0.39, 0.29) is 0 Å². The third-order valence-electron chi connectivity index (χ3n) is 3.64. The van der Waals surface area contributed by atoms with Gasteiger partial charge in [0.15, 0.2) is 0 Å². The normalized spacial score (nSPS) is 10.9. The van der Waals surface area contributed by atoms with Crippen molar-refractivity contribution in [1.29, 1.82) is 0 Å². The highest BCUT2D eigenvalue weighted by molar-refractivity contribution is 5.77. The number of para-hydroxylation sites is 2. The average Bonchev–Trinajstić information content (AvgIpc) is 2.86. The summed E-state index contributed by atoms with van der Waals surface area (Å²) in [5.74, 6) is 0.908. The Morgan fingerprint density at radius 3 is 2.65 bits per heavy atom. The summed E-state index contributed by atoms with van der Waals surface area (Å²) in [4.78, 5) is 10.1. The Balaban J connectivity index is 1.86. The van der Waals surface area contributed by atoms with Gasteiger partial charge < -0.3 is 9.88 Å². The van der Waals surface area contributed by atoms with E-state index in [1.54, 1.807) is 0 Å². The zero-order chi connectivity index (χ0) is 14.1. The summed E-state index contributed by atoms with van der Waals surface area (Å²) in [5.41, 5.74) is 6.05. The fourth-order valence-corrected chi connectivity index (χ4v) is 2.47. The Labute approximate surface area is 119 Å². The fourth-order valence-electron chi connectivity index (χ4n) is 2.47. The molecule has 1 aromatic heterocycles. The number of hydrogen-bond acceptors (Lipinski definition) is 2. The second-order valence-corrected chi connectivity index (χ2v) is 5.36. The molecule has 3 rings (SSSR count). The zero-order valence-corrected chi connectivity index (χ0v) is 12.1. The molecular formula is C17H19N3. The highest BCUT2D eigenvalue weighted by Crippen LogP contribution is 2.19. The number of nitrogens with zero attached hydrogens (tertiary/aromatic N) is 2. The number of fused-ring (bicyclic) bond motifs is 1. The molecule has 3 nitrogen and oxygen atoms in total. The number of H-pyrrole nitrogens is 1. The van der Waals surface area contributed by atoms with Gasteiger partial charge in [-0.05, 0) is 37.1 Å². The fraction of sp³-hybridized carbons (Fsp3) is 0.235. The molecule has 0 bridgehead atoms. The van der Waals surface area contributed by atoms with Crippen LogP contribution in [0.4, 0.5) is 5.95 Å². The predicted molar refractivity (Wildman–Crippen MR) is 84.1 cm³/mol. The lowest BCUT2D eigenvalue weighted by Crippen LogP contribution is -2.18. The van der Waals surface area contributed by atoms with Crippen molar-refractivity contribution in [3.8, 4) is 0 Å². The largest absolute Gasteiger partial charge is 0.341 e. The molecule has 102 valence electrons. The molecule has 0 amide bonds. The molecule has 0 fully saturated rings. The number of aryl methyl sites for hydroxylation is 2. The van der Waals surface area contributed by atoms with Gasteiger partial charge in [0, 0.05) is 13.6 Å². The van der Waals surface area contributed by atoms with Gasteiger partial charge in [-0.15, -0.1) is 0 Å². The van der Waals surface area contributed by atoms with Crippen molar-refractivity contribution in [3.05, 3.63) is 59.2 Å². The van der Waals surface area contributed by atoms with Crippen molar-refractivity contribution in [2.75, 3.05) is 11.9 Å². The Morgan fingerprint density at radius 1 is 1.10 bits per heavy atom. The van der Waals surface area contributed by atoms with E-state index in [0.717, 1.165) is 23.5 Å². The second-order valence-electron chi connectivity index (χ2n) is 5.36. The Hall–Kier alpha value is -2.29. The van der Waals surface area contributed by atoms with Gasteiger partial charge in [0.25, 0.3) is 0 Å². The van der Waals surface area contributed by atoms with E-state index in [2.05, 4.69) is 60.0 Å². The van der Waals surface area contributed by atoms with Crippen molar-refractivity contribution >= 4 is 17.0 Å². The predicted octanol–water partition coefficient (Wildman–Crippen LogP) is 3.82. The summed E-state index contributed by atoms with van der Waals surface area (Å²) in [5, 5.41) is 0. The van der Waals surface area contributed by atoms with Crippen LogP contribution in [-0.2, 0) is 6.54 Å². The van der Waals surface area contributed by atoms with E-state index in [1.807, 2.05) is 18.2 Å². The average molecular weight is 265 g/mol. The van der Waals surface area contributed by atoms with Crippen LogP contribution in [0.1, 0.15) is 16.7 Å². The Bertz CT molecular complexity index is 710. The first-order valence-corrected chi connectivity index (χ1v) is 6.85. The molecule has 1 N–H and O–H groups in total. The van der Waals surface area contributed by atoms with Crippen LogP contribution in [-0.4, -0.2) is 17.0 Å². The van der Waals surface area contributed by atoms with Crippen LogP contribution >= 0.6 is 0 Å². The van der Waals surface area contributed by atoms with E-state index in [9.17, 15) is 0 Å². The quantitative estimate of drug-likeness (QED) is 0.780. The topological polar surface area (TPSA) is 31.9 Å². The zero-order valence-electron chi connectivity index (χ0n) is 12.1. The summed E-state index contributed by atoms with van der Waals surface area (Å²) in [7, 11) is 2.07. The van der Waals surface area contributed by atoms with Crippen molar-refractivity contribution < 1.29 is 0 Å². The molecule has 3 heteroatoms. The van der Waals surface area contributed by atoms with E-state index >= 15 is 0 Å². The van der Waals surface area contributed by atoms with Crippen molar-refractivity contribution in [2.45, 2.75) is 20.4 Å². The molecule has 0 saturated heterocycles. The number of imidazole rings is 1. The minimum Gasteiger partial charge on any atom is -0.341 e. The van der Waals surface area contributed by atoms with Gasteiger partial charge in [0.05, 0.1) is 11.0 Å². The first-order chi connectivity index (χ1) is 9.63. The second kappa shape index (κ2) is 5.00. The number of rotatable bonds is 3. The molecule has 3 aromatic rings. The van der Waals surface area contributed by atoms with Gasteiger partial charge in [-0.25, -0.2) is 4.98 Å². The first-order valence-electron chi connectivity index (χ1n) is 6.85. The molecule has 2 aromatic carbocycles. The highest BCUT2D eigenvalue weighted by Gasteiger charge is 2.09. The van der Waals surface area contributed by atoms with Crippen LogP contribution in [0, 0.1) is 13.8 Å². The van der Waals surface area contributed by atoms with E-state index in [0.29, 0.717) is 0 Å². The van der Waals surface area contributed by atoms with Gasteiger partial charge >= 0.3 is 0 Å². The third kappa shape index (κ3) is 2.39. The Kier molecular flexibility index (Phi) is 3.18. The molecule has 0 atom stereocenters. The summed E-state index contributed by atoms with van der Waals surface area (Å²) in [6, 6.07) is 14.7. The molecule has 0 spiro atoms. The number of aromatic nitrogens is 2. The number of nitrogens with one attached hydrogen (secondary N) is 1. The van der Waals surface area contributed by atoms with E-state index in [4.69, 9.17) is 0 Å². The molecule has 20 heavy (non-hydrogen) atoms. The van der Waals surface area contributed by atoms with Crippen LogP contribution in [0.5, 0.6) is 0 Å². The van der Waals surface area contributed by atoms with Crippen LogP contribution < -0.4 is 4.90 Å². The van der Waals surface area contributed by atoms with E-state index in [1.165, 1.54) is 16.7 Å². The molecule has 0 aliphatic carbocycles. The van der Waals surface area contributed by atoms with Crippen LogP contribution in [0.15, 0.2) is 42.5 Å². The van der Waals surface area contributed by atoms with Gasteiger partial charge in [0.1, 0.15) is 0 Å². The monoisotopic (exact) mass is 265 g/mol. The van der Waals surface area contributed by atoms with Crippen LogP contribution in [0.2, 0.25) is 0 Å². The molecule has 0 aliphatic rings. The minimum absolute atomic E-state index is 0.853. The van der Waals surface area contributed by atoms with Crippen LogP contribution in [0.3, 0.4) is 0 Å². The van der Waals surface area contributed by atoms with Gasteiger partial charge in [-0.2, -0.15) is 0 Å². The van der Waals surface area contributed by atoms with Crippen molar-refractivity contribution in [1.82, 2.24) is 9.97 Å². The van der Waals surface area contributed by atoms with Crippen molar-refractivity contribution in [3.63, 3.8) is 0 Å². The maximum absolute atomic E-state index is 4.63. The maximum Gasteiger partial charge on any atom is 0.203 e. The lowest BCUT2D eigenvalue weighted by molar-refractivity contribution is 0.877. The SMILES string of the molecule is Cc1ccc(CN(C)c2nc3ccccc3[nH]2)c(C)c1. The number of hydrogen-bond donors (Lipinski definition) is 1. The summed E-state index contributed by atoms with van der Waals surface area (Å²) < 4.78 is 0. The third-order valence-corrected chi connectivity index (χ3v) is 3.64. The molecular weight excluding hydrogens is 246 g/mol. The number of aromatic amines is 1. The highest BCUT2D eigenvalue weighted by atomic mass is 15.2. The summed E-state index contributed by atoms with van der Waals surface area (Å²) >= 11 is 0. The standard InChI is InChI=1S/C17H19N3/c1-12-8-9-14(13(2)10-12)11-20(3)17-18-15-6-4-5-7-16(15)19-17/h4-10H,11H2,1-3H3,(H,18,19). The van der Waals surface area contributed by atoms with Crippen LogP contribution in [0.25, 0.3) is 11.0 Å². The van der Waals surface area contributed by atoms with Gasteiger partial charge in [0.2, 0.25) is 5.95 Å². The summed E-state index contributed by atoms with van der Waals surface area (Å²) in [6.45, 7) is 5.14. The minimum atomic E-state index is 0.853. The maximum atomic E-state index is 4.63. The molecule has 0 aliphatic heterocycles. The number of anilines is 1. The Morgan fingerprint density at radius 2 is 1.90 bits per heavy atom. The first kappa shape index (κ1) is 12.7. The van der Waals surface area contributed by atoms with Crippen molar-refractivity contribution in [2.24, 2.45) is 0 Å². The summed E-state index contributed by atoms with van der Waals surface area (Å²) in [6.07, 6.45) is 0. The molecule has 1 heterocycles. The molecule has 0 saturated carbocycles.